The third kappa shape index (κ3) is 4.70. The molecule has 0 atom stereocenters. The first kappa shape index (κ1) is 22.7. The lowest BCUT2D eigenvalue weighted by atomic mass is 10.0. The molecule has 0 saturated heterocycles. The zero-order valence-corrected chi connectivity index (χ0v) is 18.6. The molecule has 6 nitrogen and oxygen atoms in total. The Bertz CT molecular complexity index is 1280. The predicted molar refractivity (Wildman–Crippen MR) is 118 cm³/mol. The van der Waals surface area contributed by atoms with Crippen LogP contribution in [-0.2, 0) is 21.1 Å². The van der Waals surface area contributed by atoms with Crippen LogP contribution in [0.15, 0.2) is 59.3 Å². The number of carbonyl (C=O) groups excluding carboxylic acids is 1. The van der Waals surface area contributed by atoms with Crippen LogP contribution in [0.5, 0.6) is 0 Å². The summed E-state index contributed by atoms with van der Waals surface area (Å²) in [6.45, 7) is 4.19. The number of halogens is 1. The lowest BCUT2D eigenvalue weighted by molar-refractivity contribution is -0.353. The highest BCUT2D eigenvalue weighted by Gasteiger charge is 2.20. The van der Waals surface area contributed by atoms with E-state index in [1.807, 2.05) is 11.5 Å². The van der Waals surface area contributed by atoms with Crippen LogP contribution < -0.4 is 5.73 Å². The van der Waals surface area contributed by atoms with Crippen molar-refractivity contribution in [2.45, 2.75) is 25.3 Å². The van der Waals surface area contributed by atoms with E-state index in [0.717, 1.165) is 28.4 Å². The molecule has 0 saturated carbocycles. The van der Waals surface area contributed by atoms with E-state index in [1.54, 1.807) is 43.3 Å². The summed E-state index contributed by atoms with van der Waals surface area (Å²) in [4.78, 5) is 12.5. The minimum Gasteiger partial charge on any atom is -0.462 e. The molecule has 31 heavy (non-hydrogen) atoms. The number of quaternary nitrogens is 1. The van der Waals surface area contributed by atoms with Crippen molar-refractivity contribution in [2.24, 2.45) is 0 Å². The Hall–Kier alpha value is -2.97. The molecule has 0 amide bonds. The Morgan fingerprint density at radius 3 is 2.61 bits per heavy atom. The van der Waals surface area contributed by atoms with Gasteiger partial charge in [-0.1, -0.05) is 12.1 Å². The average Bonchev–Trinajstić information content (AvgIpc) is 2.98. The Labute approximate surface area is 181 Å². The van der Waals surface area contributed by atoms with Crippen molar-refractivity contribution in [1.82, 2.24) is 4.57 Å². The predicted octanol–water partition coefficient (Wildman–Crippen LogP) is 3.29. The van der Waals surface area contributed by atoms with E-state index in [4.69, 9.17) is 4.74 Å². The number of fused-ring (bicyclic) bond motifs is 1. The summed E-state index contributed by atoms with van der Waals surface area (Å²) in [5, 5.41) is 0.719. The van der Waals surface area contributed by atoms with Crippen LogP contribution in [0.1, 0.15) is 23.0 Å². The number of aromatic nitrogens is 1. The maximum atomic E-state index is 14.4. The Kier molecular flexibility index (Phi) is 6.62. The van der Waals surface area contributed by atoms with Gasteiger partial charge in [-0.3, -0.25) is 0 Å². The summed E-state index contributed by atoms with van der Waals surface area (Å²) in [7, 11) is -3.40. The topological polar surface area (TPSA) is 93.0 Å². The molecule has 1 aromatic heterocycles. The Balaban J connectivity index is 2.30. The third-order valence-corrected chi connectivity index (χ3v) is 6.17. The van der Waals surface area contributed by atoms with Crippen molar-refractivity contribution in [1.29, 1.82) is 0 Å². The average molecular weight is 446 g/mol. The second-order valence-electron chi connectivity index (χ2n) is 7.24. The maximum Gasteiger partial charge on any atom is 0.338 e. The second-order valence-corrected chi connectivity index (χ2v) is 9.25. The summed E-state index contributed by atoms with van der Waals surface area (Å²) in [6, 6.07) is 11.7. The van der Waals surface area contributed by atoms with Gasteiger partial charge in [-0.05, 0) is 49.7 Å². The zero-order valence-electron chi connectivity index (χ0n) is 17.8. The van der Waals surface area contributed by atoms with Gasteiger partial charge < -0.3 is 15.0 Å². The standard InChI is InChI=1S/C23H25FN2O4S/c1-4-30-23(27)17-8-9-21-20(13-17)22(15(2)26(21)14-18(24)10-11-25)16-6-5-7-19(12-16)31(3,28)29/h5-10,12-13H,4,11,14,25H2,1-3H3/p+1. The maximum absolute atomic E-state index is 14.4. The number of rotatable bonds is 7. The van der Waals surface area contributed by atoms with E-state index < -0.39 is 15.8 Å². The van der Waals surface area contributed by atoms with Crippen molar-refractivity contribution in [2.75, 3.05) is 19.4 Å². The molecule has 164 valence electrons. The molecule has 0 fully saturated rings. The highest BCUT2D eigenvalue weighted by Crippen LogP contribution is 2.36. The smallest absolute Gasteiger partial charge is 0.338 e. The molecule has 1 heterocycles. The lowest BCUT2D eigenvalue weighted by Crippen LogP contribution is -2.49. The van der Waals surface area contributed by atoms with E-state index in [-0.39, 0.29) is 23.9 Å². The highest BCUT2D eigenvalue weighted by atomic mass is 32.2. The third-order valence-electron chi connectivity index (χ3n) is 5.06. The van der Waals surface area contributed by atoms with Gasteiger partial charge in [0.15, 0.2) is 9.84 Å². The molecule has 3 N–H and O–H groups in total. The summed E-state index contributed by atoms with van der Waals surface area (Å²) in [5.74, 6) is -0.769. The minimum absolute atomic E-state index is 0.0162. The van der Waals surface area contributed by atoms with Gasteiger partial charge in [-0.15, -0.1) is 0 Å². The van der Waals surface area contributed by atoms with Crippen LogP contribution in [0.3, 0.4) is 0 Å². The van der Waals surface area contributed by atoms with E-state index in [0.29, 0.717) is 17.7 Å². The lowest BCUT2D eigenvalue weighted by Gasteiger charge is -2.08. The van der Waals surface area contributed by atoms with E-state index >= 15 is 0 Å². The van der Waals surface area contributed by atoms with Crippen molar-refractivity contribution in [3.63, 3.8) is 0 Å². The van der Waals surface area contributed by atoms with E-state index in [1.165, 1.54) is 12.1 Å². The van der Waals surface area contributed by atoms with Crippen molar-refractivity contribution >= 4 is 26.7 Å². The second kappa shape index (κ2) is 9.03. The van der Waals surface area contributed by atoms with Crippen LogP contribution >= 0.6 is 0 Å². The Morgan fingerprint density at radius 1 is 1.23 bits per heavy atom. The number of carbonyl (C=O) groups is 1. The first-order chi connectivity index (χ1) is 14.7. The van der Waals surface area contributed by atoms with Crippen molar-refractivity contribution in [3.8, 4) is 11.1 Å². The molecule has 0 aliphatic rings. The SMILES string of the molecule is CCOC(=O)c1ccc2c(c1)c(-c1cccc(S(C)(=O)=O)c1)c(C)n2CC(F)=CC[NH3+]. The molecule has 0 bridgehead atoms. The van der Waals surface area contributed by atoms with Gasteiger partial charge in [0.2, 0.25) is 0 Å². The molecule has 0 unspecified atom stereocenters. The molecule has 0 radical (unpaired) electrons. The van der Waals surface area contributed by atoms with Gasteiger partial charge in [0.1, 0.15) is 5.83 Å². The first-order valence-corrected chi connectivity index (χ1v) is 11.8. The van der Waals surface area contributed by atoms with Crippen molar-refractivity contribution in [3.05, 3.63) is 65.6 Å². The fourth-order valence-corrected chi connectivity index (χ4v) is 4.31. The fraction of sp³-hybridized carbons (Fsp3) is 0.261. The zero-order chi connectivity index (χ0) is 22.8. The molecule has 3 aromatic rings. The summed E-state index contributed by atoms with van der Waals surface area (Å²) >= 11 is 0. The van der Waals surface area contributed by atoms with Crippen molar-refractivity contribution < 1.29 is 28.1 Å². The summed E-state index contributed by atoms with van der Waals surface area (Å²) in [5.41, 5.74) is 6.94. The first-order valence-electron chi connectivity index (χ1n) is 9.91. The fourth-order valence-electron chi connectivity index (χ4n) is 3.65. The molecule has 8 heteroatoms. The van der Waals surface area contributed by atoms with Gasteiger partial charge in [0.05, 0.1) is 30.2 Å². The largest absolute Gasteiger partial charge is 0.462 e. The molecule has 0 aliphatic carbocycles. The van der Waals surface area contributed by atoms with Gasteiger partial charge in [0, 0.05) is 34.5 Å². The molecule has 0 spiro atoms. The van der Waals surface area contributed by atoms with Crippen LogP contribution in [0.25, 0.3) is 22.0 Å². The number of benzene rings is 2. The molecular weight excluding hydrogens is 419 g/mol. The molecular formula is C23H26FN2O4S+. The normalized spacial score (nSPS) is 12.4. The highest BCUT2D eigenvalue weighted by molar-refractivity contribution is 7.90. The van der Waals surface area contributed by atoms with Gasteiger partial charge >= 0.3 is 5.97 Å². The number of sulfone groups is 1. The van der Waals surface area contributed by atoms with E-state index in [2.05, 4.69) is 5.73 Å². The molecule has 0 aliphatic heterocycles. The molecule has 2 aromatic carbocycles. The van der Waals surface area contributed by atoms with Crippen LogP contribution in [0, 0.1) is 6.92 Å². The summed E-state index contributed by atoms with van der Waals surface area (Å²) in [6.07, 6.45) is 2.57. The summed E-state index contributed by atoms with van der Waals surface area (Å²) < 4.78 is 45.5. The van der Waals surface area contributed by atoms with Crippen LogP contribution in [0.2, 0.25) is 0 Å². The van der Waals surface area contributed by atoms with Crippen LogP contribution in [-0.4, -0.2) is 38.4 Å². The van der Waals surface area contributed by atoms with E-state index in [9.17, 15) is 17.6 Å². The monoisotopic (exact) mass is 445 g/mol. The minimum atomic E-state index is -3.40. The number of allylic oxidation sites excluding steroid dienone is 1. The number of hydrogen-bond donors (Lipinski definition) is 1. The van der Waals surface area contributed by atoms with Crippen LogP contribution in [0.4, 0.5) is 4.39 Å². The Morgan fingerprint density at radius 2 is 1.97 bits per heavy atom. The number of esters is 1. The number of hydrogen-bond acceptors (Lipinski definition) is 4. The van der Waals surface area contributed by atoms with Gasteiger partial charge in [-0.2, -0.15) is 0 Å². The number of ether oxygens (including phenoxy) is 1. The molecule has 3 rings (SSSR count). The quantitative estimate of drug-likeness (QED) is 0.565. The van der Waals surface area contributed by atoms with Gasteiger partial charge in [0.25, 0.3) is 0 Å². The number of nitrogens with zero attached hydrogens (tertiary/aromatic N) is 1. The van der Waals surface area contributed by atoms with Gasteiger partial charge in [-0.25, -0.2) is 17.6 Å².